The van der Waals surface area contributed by atoms with Crippen LogP contribution >= 0.6 is 0 Å². The van der Waals surface area contributed by atoms with Gasteiger partial charge in [-0.25, -0.2) is 0 Å². The first kappa shape index (κ1) is 9.30. The monoisotopic (exact) mass is 167 g/mol. The molecule has 1 saturated heterocycles. The topological polar surface area (TPSA) is 20.3 Å². The van der Waals surface area contributed by atoms with Gasteiger partial charge in [0, 0.05) is 18.2 Å². The van der Waals surface area contributed by atoms with Gasteiger partial charge in [-0.3, -0.25) is 4.79 Å². The van der Waals surface area contributed by atoms with Gasteiger partial charge in [-0.15, -0.1) is 0 Å². The average molecular weight is 167 g/mol. The van der Waals surface area contributed by atoms with Gasteiger partial charge >= 0.3 is 0 Å². The zero-order valence-corrected chi connectivity index (χ0v) is 8.13. The van der Waals surface area contributed by atoms with Crippen molar-refractivity contribution in [1.82, 2.24) is 4.90 Å². The SMILES string of the molecule is C=CN1C(=O)CC(C)CC1(C)C. The summed E-state index contributed by atoms with van der Waals surface area (Å²) in [5.41, 5.74) is -0.0451. The Bertz CT molecular complexity index is 208. The van der Waals surface area contributed by atoms with E-state index in [2.05, 4.69) is 27.4 Å². The molecule has 1 aliphatic rings. The van der Waals surface area contributed by atoms with Gasteiger partial charge in [-0.05, 0) is 26.2 Å². The fourth-order valence-corrected chi connectivity index (χ4v) is 2.11. The van der Waals surface area contributed by atoms with Gasteiger partial charge in [0.05, 0.1) is 0 Å². The Labute approximate surface area is 74.2 Å². The molecule has 0 aliphatic carbocycles. The van der Waals surface area contributed by atoms with Gasteiger partial charge in [0.1, 0.15) is 0 Å². The van der Waals surface area contributed by atoms with Crippen molar-refractivity contribution in [2.45, 2.75) is 39.2 Å². The van der Waals surface area contributed by atoms with Crippen molar-refractivity contribution >= 4 is 5.91 Å². The molecular formula is C10H17NO. The van der Waals surface area contributed by atoms with Crippen molar-refractivity contribution in [3.8, 4) is 0 Å². The number of amides is 1. The first-order valence-corrected chi connectivity index (χ1v) is 4.42. The maximum absolute atomic E-state index is 11.5. The van der Waals surface area contributed by atoms with Crippen LogP contribution in [0.2, 0.25) is 0 Å². The Hall–Kier alpha value is -0.790. The third-order valence-corrected chi connectivity index (χ3v) is 2.47. The lowest BCUT2D eigenvalue weighted by Crippen LogP contribution is -2.49. The van der Waals surface area contributed by atoms with E-state index in [0.717, 1.165) is 6.42 Å². The molecule has 1 rings (SSSR count). The summed E-state index contributed by atoms with van der Waals surface area (Å²) in [5, 5.41) is 0. The Morgan fingerprint density at radius 1 is 1.67 bits per heavy atom. The highest BCUT2D eigenvalue weighted by Gasteiger charge is 2.36. The van der Waals surface area contributed by atoms with E-state index in [1.54, 1.807) is 11.1 Å². The molecule has 2 heteroatoms. The molecule has 0 spiro atoms. The second-order valence-electron chi connectivity index (χ2n) is 4.27. The summed E-state index contributed by atoms with van der Waals surface area (Å²) in [6, 6.07) is 0. The van der Waals surface area contributed by atoms with Crippen molar-refractivity contribution < 1.29 is 4.79 Å². The quantitative estimate of drug-likeness (QED) is 0.586. The van der Waals surface area contributed by atoms with E-state index in [0.29, 0.717) is 12.3 Å². The summed E-state index contributed by atoms with van der Waals surface area (Å²) >= 11 is 0. The molecule has 1 amide bonds. The van der Waals surface area contributed by atoms with E-state index in [4.69, 9.17) is 0 Å². The minimum Gasteiger partial charge on any atom is -0.314 e. The lowest BCUT2D eigenvalue weighted by molar-refractivity contribution is -0.138. The first-order valence-electron chi connectivity index (χ1n) is 4.42. The van der Waals surface area contributed by atoms with Crippen molar-refractivity contribution in [2.75, 3.05) is 0 Å². The van der Waals surface area contributed by atoms with E-state index >= 15 is 0 Å². The van der Waals surface area contributed by atoms with Crippen LogP contribution in [-0.2, 0) is 4.79 Å². The summed E-state index contributed by atoms with van der Waals surface area (Å²) in [4.78, 5) is 13.3. The predicted octanol–water partition coefficient (Wildman–Crippen LogP) is 2.17. The molecule has 1 fully saturated rings. The Balaban J connectivity index is 2.85. The Morgan fingerprint density at radius 3 is 2.67 bits per heavy atom. The molecule has 0 aromatic carbocycles. The molecule has 0 radical (unpaired) electrons. The highest BCUT2D eigenvalue weighted by Crippen LogP contribution is 2.31. The number of carbonyl (C=O) groups is 1. The zero-order chi connectivity index (χ0) is 9.35. The zero-order valence-electron chi connectivity index (χ0n) is 8.13. The molecule has 12 heavy (non-hydrogen) atoms. The van der Waals surface area contributed by atoms with E-state index in [9.17, 15) is 4.79 Å². The number of piperidine rings is 1. The van der Waals surface area contributed by atoms with Crippen LogP contribution < -0.4 is 0 Å². The molecule has 0 saturated carbocycles. The van der Waals surface area contributed by atoms with E-state index in [1.165, 1.54) is 0 Å². The van der Waals surface area contributed by atoms with Crippen LogP contribution in [0, 0.1) is 5.92 Å². The number of likely N-dealkylation sites (tertiary alicyclic amines) is 1. The van der Waals surface area contributed by atoms with Crippen LogP contribution in [0.15, 0.2) is 12.8 Å². The maximum Gasteiger partial charge on any atom is 0.227 e. The molecular weight excluding hydrogens is 150 g/mol. The lowest BCUT2D eigenvalue weighted by Gasteiger charge is -2.42. The van der Waals surface area contributed by atoms with Gasteiger partial charge in [0.15, 0.2) is 0 Å². The summed E-state index contributed by atoms with van der Waals surface area (Å²) in [7, 11) is 0. The fourth-order valence-electron chi connectivity index (χ4n) is 2.11. The van der Waals surface area contributed by atoms with Crippen LogP contribution in [0.3, 0.4) is 0 Å². The van der Waals surface area contributed by atoms with Crippen LogP contribution in [0.25, 0.3) is 0 Å². The number of nitrogens with zero attached hydrogens (tertiary/aromatic N) is 1. The molecule has 0 aromatic heterocycles. The van der Waals surface area contributed by atoms with Crippen molar-refractivity contribution in [3.05, 3.63) is 12.8 Å². The maximum atomic E-state index is 11.5. The highest BCUT2D eigenvalue weighted by atomic mass is 16.2. The van der Waals surface area contributed by atoms with Gasteiger partial charge in [-0.2, -0.15) is 0 Å². The molecule has 2 nitrogen and oxygen atoms in total. The summed E-state index contributed by atoms with van der Waals surface area (Å²) in [5.74, 6) is 0.706. The van der Waals surface area contributed by atoms with Crippen molar-refractivity contribution in [1.29, 1.82) is 0 Å². The molecule has 0 N–H and O–H groups in total. The Kier molecular flexibility index (Phi) is 2.27. The Morgan fingerprint density at radius 2 is 2.25 bits per heavy atom. The van der Waals surface area contributed by atoms with Gasteiger partial charge in [0.25, 0.3) is 0 Å². The van der Waals surface area contributed by atoms with Crippen LogP contribution in [0.4, 0.5) is 0 Å². The van der Waals surface area contributed by atoms with Crippen molar-refractivity contribution in [3.63, 3.8) is 0 Å². The first-order chi connectivity index (χ1) is 5.47. The molecule has 1 atom stereocenters. The summed E-state index contributed by atoms with van der Waals surface area (Å²) in [6.07, 6.45) is 3.37. The van der Waals surface area contributed by atoms with Crippen LogP contribution in [0.1, 0.15) is 33.6 Å². The highest BCUT2D eigenvalue weighted by molar-refractivity contribution is 5.79. The molecule has 0 bridgehead atoms. The van der Waals surface area contributed by atoms with Crippen LogP contribution in [-0.4, -0.2) is 16.3 Å². The molecule has 68 valence electrons. The lowest BCUT2D eigenvalue weighted by atomic mass is 9.84. The second kappa shape index (κ2) is 2.92. The minimum atomic E-state index is -0.0451. The minimum absolute atomic E-state index is 0.0451. The normalized spacial score (nSPS) is 28.8. The van der Waals surface area contributed by atoms with Gasteiger partial charge < -0.3 is 4.90 Å². The number of hydrogen-bond acceptors (Lipinski definition) is 1. The van der Waals surface area contributed by atoms with E-state index in [1.807, 2.05) is 0 Å². The molecule has 1 heterocycles. The number of hydrogen-bond donors (Lipinski definition) is 0. The molecule has 1 unspecified atom stereocenters. The number of rotatable bonds is 1. The fraction of sp³-hybridized carbons (Fsp3) is 0.700. The number of carbonyl (C=O) groups excluding carboxylic acids is 1. The summed E-state index contributed by atoms with van der Waals surface area (Å²) in [6.45, 7) is 9.96. The van der Waals surface area contributed by atoms with E-state index < -0.39 is 0 Å². The average Bonchev–Trinajstić information content (AvgIpc) is 1.82. The smallest absolute Gasteiger partial charge is 0.227 e. The van der Waals surface area contributed by atoms with Gasteiger partial charge in [0.2, 0.25) is 5.91 Å². The third-order valence-electron chi connectivity index (χ3n) is 2.47. The third kappa shape index (κ3) is 1.52. The van der Waals surface area contributed by atoms with E-state index in [-0.39, 0.29) is 11.4 Å². The van der Waals surface area contributed by atoms with Crippen LogP contribution in [0.5, 0.6) is 0 Å². The predicted molar refractivity (Wildman–Crippen MR) is 49.5 cm³/mol. The van der Waals surface area contributed by atoms with Crippen molar-refractivity contribution in [2.24, 2.45) is 5.92 Å². The van der Waals surface area contributed by atoms with Gasteiger partial charge in [-0.1, -0.05) is 13.5 Å². The largest absolute Gasteiger partial charge is 0.314 e. The summed E-state index contributed by atoms with van der Waals surface area (Å²) < 4.78 is 0. The molecule has 0 aromatic rings. The second-order valence-corrected chi connectivity index (χ2v) is 4.27. The molecule has 1 aliphatic heterocycles. The standard InChI is InChI=1S/C10H17NO/c1-5-11-9(12)6-8(2)7-10(11,3)4/h5,8H,1,6-7H2,2-4H3.